The minimum atomic E-state index is -1.06. The number of ether oxygens (including phenoxy) is 1. The molecule has 1 aromatic carbocycles. The molecule has 2 N–H and O–H groups in total. The Morgan fingerprint density at radius 2 is 2.24 bits per heavy atom. The summed E-state index contributed by atoms with van der Waals surface area (Å²) in [6.45, 7) is 4.03. The van der Waals surface area contributed by atoms with Gasteiger partial charge >= 0.3 is 5.69 Å². The van der Waals surface area contributed by atoms with Gasteiger partial charge in [0.2, 0.25) is 0 Å². The van der Waals surface area contributed by atoms with Crippen LogP contribution in [0.2, 0.25) is 0 Å². The van der Waals surface area contributed by atoms with Crippen molar-refractivity contribution in [2.75, 3.05) is 13.2 Å². The zero-order chi connectivity index (χ0) is 15.5. The normalized spacial score (nSPS) is 17.3. The molecule has 2 rings (SSSR count). The van der Waals surface area contributed by atoms with Crippen LogP contribution in [0.5, 0.6) is 5.75 Å². The minimum absolute atomic E-state index is 0.0129. The van der Waals surface area contributed by atoms with E-state index in [2.05, 4.69) is 5.32 Å². The van der Waals surface area contributed by atoms with Crippen LogP contribution in [-0.2, 0) is 6.42 Å². The largest absolute Gasteiger partial charge is 0.484 e. The van der Waals surface area contributed by atoms with E-state index >= 15 is 0 Å². The van der Waals surface area contributed by atoms with E-state index in [1.165, 1.54) is 6.07 Å². The molecule has 116 valence electrons. The molecule has 0 aliphatic heterocycles. The summed E-state index contributed by atoms with van der Waals surface area (Å²) in [6, 6.07) is 5.42. The van der Waals surface area contributed by atoms with Gasteiger partial charge in [-0.25, -0.2) is 0 Å². The molecule has 21 heavy (non-hydrogen) atoms. The maximum Gasteiger partial charge on any atom is 0.311 e. The fourth-order valence-electron chi connectivity index (χ4n) is 1.98. The molecule has 1 aliphatic carbocycles. The van der Waals surface area contributed by atoms with Crippen LogP contribution in [0.15, 0.2) is 18.2 Å². The molecule has 0 bridgehead atoms. The molecule has 0 heterocycles. The SMILES string of the molecule is CCc1ccc(OCC(C)(O)CNC2CC2)c([N+](=O)[O-])c1. The molecule has 0 amide bonds. The van der Waals surface area contributed by atoms with Crippen LogP contribution >= 0.6 is 0 Å². The van der Waals surface area contributed by atoms with Gasteiger partial charge in [-0.3, -0.25) is 10.1 Å². The van der Waals surface area contributed by atoms with Gasteiger partial charge in [-0.1, -0.05) is 13.0 Å². The number of aryl methyl sites for hydroxylation is 1. The number of nitro groups is 1. The number of nitrogens with zero attached hydrogens (tertiary/aromatic N) is 1. The summed E-state index contributed by atoms with van der Waals surface area (Å²) in [6.07, 6.45) is 3.01. The number of nitro benzene ring substituents is 1. The number of rotatable bonds is 8. The first-order chi connectivity index (χ1) is 9.91. The summed E-state index contributed by atoms with van der Waals surface area (Å²) in [7, 11) is 0. The van der Waals surface area contributed by atoms with Gasteiger partial charge in [-0.2, -0.15) is 0 Å². The molecule has 1 atom stereocenters. The number of hydrogen-bond acceptors (Lipinski definition) is 5. The Balaban J connectivity index is 1.99. The van der Waals surface area contributed by atoms with E-state index < -0.39 is 10.5 Å². The first kappa shape index (κ1) is 15.7. The average Bonchev–Trinajstić information content (AvgIpc) is 3.27. The monoisotopic (exact) mass is 294 g/mol. The minimum Gasteiger partial charge on any atom is -0.484 e. The van der Waals surface area contributed by atoms with Gasteiger partial charge in [0.05, 0.1) is 4.92 Å². The van der Waals surface area contributed by atoms with Gasteiger partial charge in [-0.05, 0) is 37.8 Å². The van der Waals surface area contributed by atoms with Gasteiger partial charge in [0, 0.05) is 18.7 Å². The van der Waals surface area contributed by atoms with E-state index in [4.69, 9.17) is 4.74 Å². The maximum atomic E-state index is 11.1. The summed E-state index contributed by atoms with van der Waals surface area (Å²) in [5.41, 5.74) is -0.226. The molecular weight excluding hydrogens is 272 g/mol. The van der Waals surface area contributed by atoms with Crippen molar-refractivity contribution in [3.05, 3.63) is 33.9 Å². The average molecular weight is 294 g/mol. The van der Waals surface area contributed by atoms with E-state index in [0.29, 0.717) is 12.6 Å². The lowest BCUT2D eigenvalue weighted by Crippen LogP contribution is -2.43. The zero-order valence-electron chi connectivity index (χ0n) is 12.5. The molecule has 1 fully saturated rings. The highest BCUT2D eigenvalue weighted by Gasteiger charge is 2.28. The standard InChI is InChI=1S/C15H22N2O4/c1-3-11-4-7-14(13(8-11)17(19)20)21-10-15(2,18)9-16-12-5-6-12/h4,7-8,12,16,18H,3,5-6,9-10H2,1-2H3. The van der Waals surface area contributed by atoms with E-state index in [9.17, 15) is 15.2 Å². The van der Waals surface area contributed by atoms with Crippen LogP contribution in [-0.4, -0.2) is 34.8 Å². The smallest absolute Gasteiger partial charge is 0.311 e. The Hall–Kier alpha value is -1.66. The highest BCUT2D eigenvalue weighted by molar-refractivity contribution is 5.48. The van der Waals surface area contributed by atoms with Crippen molar-refractivity contribution in [1.82, 2.24) is 5.32 Å². The second kappa shape index (κ2) is 6.41. The predicted molar refractivity (Wildman–Crippen MR) is 79.6 cm³/mol. The molecule has 1 aromatic rings. The van der Waals surface area contributed by atoms with Crippen molar-refractivity contribution >= 4 is 5.69 Å². The third-order valence-electron chi connectivity index (χ3n) is 3.52. The van der Waals surface area contributed by atoms with Crippen LogP contribution in [0.4, 0.5) is 5.69 Å². The third-order valence-corrected chi connectivity index (χ3v) is 3.52. The first-order valence-electron chi connectivity index (χ1n) is 7.27. The Morgan fingerprint density at radius 1 is 1.52 bits per heavy atom. The Kier molecular flexibility index (Phi) is 4.80. The first-order valence-corrected chi connectivity index (χ1v) is 7.27. The topological polar surface area (TPSA) is 84.6 Å². The molecule has 0 radical (unpaired) electrons. The molecule has 1 unspecified atom stereocenters. The van der Waals surface area contributed by atoms with Gasteiger partial charge in [0.1, 0.15) is 12.2 Å². The van der Waals surface area contributed by atoms with Gasteiger partial charge < -0.3 is 15.2 Å². The molecule has 6 heteroatoms. The highest BCUT2D eigenvalue weighted by atomic mass is 16.6. The predicted octanol–water partition coefficient (Wildman–Crippen LogP) is 2.04. The maximum absolute atomic E-state index is 11.1. The Morgan fingerprint density at radius 3 is 2.81 bits per heavy atom. The van der Waals surface area contributed by atoms with E-state index in [0.717, 1.165) is 24.8 Å². The van der Waals surface area contributed by atoms with Crippen molar-refractivity contribution in [2.24, 2.45) is 0 Å². The summed E-state index contributed by atoms with van der Waals surface area (Å²) in [4.78, 5) is 10.6. The van der Waals surface area contributed by atoms with E-state index in [1.807, 2.05) is 6.92 Å². The van der Waals surface area contributed by atoms with Gasteiger partial charge in [0.15, 0.2) is 5.75 Å². The molecule has 1 saturated carbocycles. The van der Waals surface area contributed by atoms with E-state index in [1.54, 1.807) is 19.1 Å². The van der Waals surface area contributed by atoms with Gasteiger partial charge in [0.25, 0.3) is 0 Å². The summed E-state index contributed by atoms with van der Waals surface area (Å²) < 4.78 is 5.48. The molecule has 0 saturated heterocycles. The lowest BCUT2D eigenvalue weighted by atomic mass is 10.1. The molecule has 1 aliphatic rings. The molecular formula is C15H22N2O4. The van der Waals surface area contributed by atoms with Crippen molar-refractivity contribution in [3.8, 4) is 5.75 Å². The molecule has 0 spiro atoms. The van der Waals surface area contributed by atoms with Gasteiger partial charge in [-0.15, -0.1) is 0 Å². The van der Waals surface area contributed by atoms with Crippen molar-refractivity contribution in [1.29, 1.82) is 0 Å². The van der Waals surface area contributed by atoms with E-state index in [-0.39, 0.29) is 18.0 Å². The summed E-state index contributed by atoms with van der Waals surface area (Å²) in [5, 5.41) is 24.5. The molecule has 6 nitrogen and oxygen atoms in total. The van der Waals surface area contributed by atoms with Crippen LogP contribution in [0.3, 0.4) is 0 Å². The fraction of sp³-hybridized carbons (Fsp3) is 0.600. The highest BCUT2D eigenvalue weighted by Crippen LogP contribution is 2.29. The number of aliphatic hydroxyl groups is 1. The Bertz CT molecular complexity index is 512. The van der Waals surface area contributed by atoms with Crippen LogP contribution < -0.4 is 10.1 Å². The van der Waals surface area contributed by atoms with Crippen LogP contribution in [0.1, 0.15) is 32.3 Å². The lowest BCUT2D eigenvalue weighted by Gasteiger charge is -2.24. The fourth-order valence-corrected chi connectivity index (χ4v) is 1.98. The number of benzene rings is 1. The Labute approximate surface area is 124 Å². The second-order valence-corrected chi connectivity index (χ2v) is 5.85. The summed E-state index contributed by atoms with van der Waals surface area (Å²) >= 11 is 0. The second-order valence-electron chi connectivity index (χ2n) is 5.85. The lowest BCUT2D eigenvalue weighted by molar-refractivity contribution is -0.386. The number of hydrogen-bond donors (Lipinski definition) is 2. The molecule has 0 aromatic heterocycles. The van der Waals surface area contributed by atoms with Crippen LogP contribution in [0, 0.1) is 10.1 Å². The quantitative estimate of drug-likeness (QED) is 0.566. The van der Waals surface area contributed by atoms with Crippen molar-refractivity contribution in [2.45, 2.75) is 44.8 Å². The van der Waals surface area contributed by atoms with Crippen molar-refractivity contribution in [3.63, 3.8) is 0 Å². The van der Waals surface area contributed by atoms with Crippen molar-refractivity contribution < 1.29 is 14.8 Å². The zero-order valence-corrected chi connectivity index (χ0v) is 12.5. The summed E-state index contributed by atoms with van der Waals surface area (Å²) in [5.74, 6) is 0.198. The third kappa shape index (κ3) is 4.68. The van der Waals surface area contributed by atoms with Crippen LogP contribution in [0.25, 0.3) is 0 Å². The number of nitrogens with one attached hydrogen (secondary N) is 1.